The van der Waals surface area contributed by atoms with E-state index in [1.165, 1.54) is 18.6 Å². The largest absolute Gasteiger partial charge is 0.342 e. The first-order valence-corrected chi connectivity index (χ1v) is 7.05. The molecule has 20 heavy (non-hydrogen) atoms. The van der Waals surface area contributed by atoms with Crippen molar-refractivity contribution in [1.29, 1.82) is 0 Å². The maximum absolute atomic E-state index is 13.1. The Hall–Kier alpha value is -1.97. The fraction of sp³-hybridized carbons (Fsp3) is 0.375. The van der Waals surface area contributed by atoms with E-state index in [9.17, 15) is 9.18 Å². The molecule has 1 aliphatic heterocycles. The van der Waals surface area contributed by atoms with Gasteiger partial charge in [0, 0.05) is 18.5 Å². The zero-order valence-corrected chi connectivity index (χ0v) is 11.3. The van der Waals surface area contributed by atoms with E-state index in [-0.39, 0.29) is 11.7 Å². The second kappa shape index (κ2) is 5.57. The molecule has 0 radical (unpaired) electrons. The van der Waals surface area contributed by atoms with Crippen LogP contribution in [0.25, 0.3) is 10.9 Å². The number of carbonyl (C=O) groups is 1. The van der Waals surface area contributed by atoms with Gasteiger partial charge in [-0.25, -0.2) is 4.39 Å². The van der Waals surface area contributed by atoms with E-state index < -0.39 is 0 Å². The number of piperidine rings is 1. The van der Waals surface area contributed by atoms with E-state index in [0.29, 0.717) is 6.42 Å². The lowest BCUT2D eigenvalue weighted by Gasteiger charge is -2.26. The van der Waals surface area contributed by atoms with Crippen LogP contribution in [0.2, 0.25) is 0 Å². The first kappa shape index (κ1) is 13.0. The Morgan fingerprint density at radius 1 is 1.15 bits per heavy atom. The number of nitrogens with zero attached hydrogens (tertiary/aromatic N) is 2. The number of hydrogen-bond acceptors (Lipinski definition) is 2. The molecule has 0 bridgehead atoms. The first-order chi connectivity index (χ1) is 9.72. The molecule has 0 atom stereocenters. The van der Waals surface area contributed by atoms with Gasteiger partial charge in [-0.05, 0) is 43.5 Å². The highest BCUT2D eigenvalue weighted by Gasteiger charge is 2.17. The molecular formula is C16H17FN2O. The van der Waals surface area contributed by atoms with Crippen LogP contribution in [-0.2, 0) is 11.2 Å². The lowest BCUT2D eigenvalue weighted by Crippen LogP contribution is -2.36. The Labute approximate surface area is 117 Å². The van der Waals surface area contributed by atoms with Crippen LogP contribution in [0, 0.1) is 5.82 Å². The van der Waals surface area contributed by atoms with Crippen molar-refractivity contribution in [2.24, 2.45) is 0 Å². The molecular weight excluding hydrogens is 255 g/mol. The average Bonchev–Trinajstić information content (AvgIpc) is 2.48. The van der Waals surface area contributed by atoms with E-state index in [0.717, 1.165) is 42.5 Å². The van der Waals surface area contributed by atoms with Crippen molar-refractivity contribution in [3.05, 3.63) is 41.8 Å². The second-order valence-electron chi connectivity index (χ2n) is 5.26. The number of halogens is 1. The van der Waals surface area contributed by atoms with Crippen LogP contribution in [0.15, 0.2) is 30.3 Å². The number of carbonyl (C=O) groups excluding carboxylic acids is 1. The first-order valence-electron chi connectivity index (χ1n) is 7.05. The molecule has 0 aliphatic carbocycles. The van der Waals surface area contributed by atoms with Gasteiger partial charge in [0.25, 0.3) is 0 Å². The van der Waals surface area contributed by atoms with Crippen LogP contribution in [0.1, 0.15) is 25.0 Å². The van der Waals surface area contributed by atoms with Gasteiger partial charge >= 0.3 is 0 Å². The predicted octanol–water partition coefficient (Wildman–Crippen LogP) is 2.93. The minimum Gasteiger partial charge on any atom is -0.342 e. The maximum Gasteiger partial charge on any atom is 0.228 e. The van der Waals surface area contributed by atoms with Crippen LogP contribution in [0.5, 0.6) is 0 Å². The van der Waals surface area contributed by atoms with Crippen molar-refractivity contribution in [2.45, 2.75) is 25.7 Å². The molecule has 3 rings (SSSR count). The van der Waals surface area contributed by atoms with Crippen molar-refractivity contribution < 1.29 is 9.18 Å². The highest BCUT2D eigenvalue weighted by Crippen LogP contribution is 2.16. The van der Waals surface area contributed by atoms with Crippen molar-refractivity contribution in [1.82, 2.24) is 9.88 Å². The minimum atomic E-state index is -0.267. The van der Waals surface area contributed by atoms with Gasteiger partial charge in [0.2, 0.25) is 5.91 Å². The zero-order valence-electron chi connectivity index (χ0n) is 11.3. The number of fused-ring (bicyclic) bond motifs is 1. The molecule has 1 aromatic heterocycles. The number of rotatable bonds is 2. The smallest absolute Gasteiger partial charge is 0.228 e. The van der Waals surface area contributed by atoms with Crippen molar-refractivity contribution in [3.8, 4) is 0 Å². The lowest BCUT2D eigenvalue weighted by atomic mass is 10.1. The van der Waals surface area contributed by atoms with Crippen molar-refractivity contribution >= 4 is 16.8 Å². The summed E-state index contributed by atoms with van der Waals surface area (Å²) in [5.74, 6) is -0.130. The summed E-state index contributed by atoms with van der Waals surface area (Å²) in [5.41, 5.74) is 1.48. The van der Waals surface area contributed by atoms with Gasteiger partial charge in [0.05, 0.1) is 17.6 Å². The molecule has 1 amide bonds. The number of pyridine rings is 1. The maximum atomic E-state index is 13.1. The quantitative estimate of drug-likeness (QED) is 0.842. The number of likely N-dealkylation sites (tertiary alicyclic amines) is 1. The molecule has 0 saturated carbocycles. The summed E-state index contributed by atoms with van der Waals surface area (Å²) in [6.45, 7) is 1.72. The Morgan fingerprint density at radius 3 is 2.75 bits per heavy atom. The van der Waals surface area contributed by atoms with Gasteiger partial charge in [-0.1, -0.05) is 6.07 Å². The Balaban J connectivity index is 1.76. The highest BCUT2D eigenvalue weighted by atomic mass is 19.1. The Morgan fingerprint density at radius 2 is 1.95 bits per heavy atom. The summed E-state index contributed by atoms with van der Waals surface area (Å²) in [4.78, 5) is 18.5. The van der Waals surface area contributed by atoms with Crippen LogP contribution in [-0.4, -0.2) is 28.9 Å². The fourth-order valence-electron chi connectivity index (χ4n) is 2.65. The van der Waals surface area contributed by atoms with E-state index in [2.05, 4.69) is 4.98 Å². The third-order valence-corrected chi connectivity index (χ3v) is 3.75. The number of hydrogen-bond donors (Lipinski definition) is 0. The van der Waals surface area contributed by atoms with Crippen LogP contribution < -0.4 is 0 Å². The second-order valence-corrected chi connectivity index (χ2v) is 5.26. The SMILES string of the molecule is O=C(Cc1ccc2cc(F)ccc2n1)N1CCCCC1. The Kier molecular flexibility index (Phi) is 3.63. The fourth-order valence-corrected chi connectivity index (χ4v) is 2.65. The summed E-state index contributed by atoms with van der Waals surface area (Å²) in [6, 6.07) is 8.14. The van der Waals surface area contributed by atoms with Crippen molar-refractivity contribution in [2.75, 3.05) is 13.1 Å². The molecule has 104 valence electrons. The normalized spacial score (nSPS) is 15.6. The summed E-state index contributed by atoms with van der Waals surface area (Å²) in [6.07, 6.45) is 3.73. The molecule has 2 aromatic rings. The van der Waals surface area contributed by atoms with Gasteiger partial charge in [0.15, 0.2) is 0 Å². The molecule has 1 aromatic carbocycles. The molecule has 1 aliphatic rings. The highest BCUT2D eigenvalue weighted by molar-refractivity contribution is 5.81. The number of aromatic nitrogens is 1. The topological polar surface area (TPSA) is 33.2 Å². The third-order valence-electron chi connectivity index (χ3n) is 3.75. The van der Waals surface area contributed by atoms with Crippen LogP contribution in [0.4, 0.5) is 4.39 Å². The van der Waals surface area contributed by atoms with Gasteiger partial charge in [-0.2, -0.15) is 0 Å². The molecule has 2 heterocycles. The number of benzene rings is 1. The molecule has 0 spiro atoms. The average molecular weight is 272 g/mol. The molecule has 3 nitrogen and oxygen atoms in total. The van der Waals surface area contributed by atoms with E-state index in [1.54, 1.807) is 6.07 Å². The van der Waals surface area contributed by atoms with E-state index in [4.69, 9.17) is 0 Å². The minimum absolute atomic E-state index is 0.138. The summed E-state index contributed by atoms with van der Waals surface area (Å²) >= 11 is 0. The van der Waals surface area contributed by atoms with Gasteiger partial charge < -0.3 is 4.90 Å². The zero-order chi connectivity index (χ0) is 13.9. The van der Waals surface area contributed by atoms with Crippen molar-refractivity contribution in [3.63, 3.8) is 0 Å². The molecule has 1 saturated heterocycles. The lowest BCUT2D eigenvalue weighted by molar-refractivity contribution is -0.131. The molecule has 0 unspecified atom stereocenters. The standard InChI is InChI=1S/C16H17FN2O/c17-13-5-7-15-12(10-13)4-6-14(18-15)11-16(20)19-8-2-1-3-9-19/h4-7,10H,1-3,8-9,11H2. The number of amides is 1. The summed E-state index contributed by atoms with van der Waals surface area (Å²) in [7, 11) is 0. The van der Waals surface area contributed by atoms with E-state index in [1.807, 2.05) is 17.0 Å². The predicted molar refractivity (Wildman–Crippen MR) is 75.8 cm³/mol. The monoisotopic (exact) mass is 272 g/mol. The summed E-state index contributed by atoms with van der Waals surface area (Å²) < 4.78 is 13.1. The molecule has 4 heteroatoms. The van der Waals surface area contributed by atoms with Gasteiger partial charge in [0.1, 0.15) is 5.82 Å². The molecule has 0 N–H and O–H groups in total. The van der Waals surface area contributed by atoms with Gasteiger partial charge in [-0.15, -0.1) is 0 Å². The van der Waals surface area contributed by atoms with Gasteiger partial charge in [-0.3, -0.25) is 9.78 Å². The van der Waals surface area contributed by atoms with E-state index >= 15 is 0 Å². The van der Waals surface area contributed by atoms with Crippen LogP contribution >= 0.6 is 0 Å². The van der Waals surface area contributed by atoms with Crippen LogP contribution in [0.3, 0.4) is 0 Å². The Bertz CT molecular complexity index is 635. The summed E-state index contributed by atoms with van der Waals surface area (Å²) in [5, 5.41) is 0.763. The third kappa shape index (κ3) is 2.79. The molecule has 1 fully saturated rings.